The lowest BCUT2D eigenvalue weighted by atomic mass is 10.2. The van der Waals surface area contributed by atoms with Gasteiger partial charge in [-0.2, -0.15) is 0 Å². The summed E-state index contributed by atoms with van der Waals surface area (Å²) in [6, 6.07) is 7.18. The summed E-state index contributed by atoms with van der Waals surface area (Å²) < 4.78 is 8.29. The van der Waals surface area contributed by atoms with Crippen molar-refractivity contribution in [2.45, 2.75) is 19.5 Å². The molecule has 1 aromatic carbocycles. The monoisotopic (exact) mass is 356 g/mol. The maximum absolute atomic E-state index is 12.5. The van der Waals surface area contributed by atoms with Crippen LogP contribution in [0.5, 0.6) is 0 Å². The van der Waals surface area contributed by atoms with Gasteiger partial charge < -0.3 is 19.2 Å². The van der Waals surface area contributed by atoms with Gasteiger partial charge in [0.05, 0.1) is 17.6 Å². The first kappa shape index (κ1) is 17.7. The van der Waals surface area contributed by atoms with Crippen LogP contribution in [0, 0.1) is 0 Å². The van der Waals surface area contributed by atoms with Crippen LogP contribution in [0.1, 0.15) is 22.7 Å². The number of ether oxygens (including phenoxy) is 1. The number of amides is 1. The van der Waals surface area contributed by atoms with E-state index in [0.717, 1.165) is 6.42 Å². The summed E-state index contributed by atoms with van der Waals surface area (Å²) in [4.78, 5) is 29.1. The van der Waals surface area contributed by atoms with Crippen molar-refractivity contribution in [3.63, 3.8) is 0 Å². The van der Waals surface area contributed by atoms with E-state index in [1.165, 1.54) is 4.57 Å². The molecular formula is C17H20N6O3. The Morgan fingerprint density at radius 3 is 2.92 bits per heavy atom. The molecule has 1 N–H and O–H groups in total. The van der Waals surface area contributed by atoms with Gasteiger partial charge in [0.25, 0.3) is 11.5 Å². The number of fused-ring (bicyclic) bond motifs is 1. The predicted molar refractivity (Wildman–Crippen MR) is 94.7 cm³/mol. The lowest BCUT2D eigenvalue weighted by molar-refractivity contribution is 0.0942. The molecule has 2 heterocycles. The van der Waals surface area contributed by atoms with Gasteiger partial charge in [-0.3, -0.25) is 9.59 Å². The topological polar surface area (TPSA) is 104 Å². The first-order chi connectivity index (χ1) is 12.6. The first-order valence-corrected chi connectivity index (χ1v) is 8.21. The molecule has 0 spiro atoms. The smallest absolute Gasteiger partial charge is 0.282 e. The second-order valence-corrected chi connectivity index (χ2v) is 5.78. The molecule has 0 radical (unpaired) electrons. The van der Waals surface area contributed by atoms with Gasteiger partial charge in [0.2, 0.25) is 0 Å². The fourth-order valence-corrected chi connectivity index (χ4v) is 2.65. The minimum atomic E-state index is -0.539. The first-order valence-electron chi connectivity index (χ1n) is 8.21. The highest BCUT2D eigenvalue weighted by Gasteiger charge is 2.16. The Morgan fingerprint density at radius 2 is 2.12 bits per heavy atom. The summed E-state index contributed by atoms with van der Waals surface area (Å²) in [5.41, 5.74) is 0.675. The van der Waals surface area contributed by atoms with Gasteiger partial charge >= 0.3 is 0 Å². The van der Waals surface area contributed by atoms with Gasteiger partial charge in [0.1, 0.15) is 6.33 Å². The van der Waals surface area contributed by atoms with Crippen LogP contribution in [-0.4, -0.2) is 43.9 Å². The minimum absolute atomic E-state index is 0.142. The van der Waals surface area contributed by atoms with Crippen molar-refractivity contribution in [2.24, 2.45) is 7.05 Å². The second-order valence-electron chi connectivity index (χ2n) is 5.78. The minimum Gasteiger partial charge on any atom is -0.385 e. The fourth-order valence-electron chi connectivity index (χ4n) is 2.65. The van der Waals surface area contributed by atoms with Crippen LogP contribution < -0.4 is 10.9 Å². The maximum Gasteiger partial charge on any atom is 0.282 e. The average molecular weight is 356 g/mol. The zero-order valence-electron chi connectivity index (χ0n) is 14.7. The van der Waals surface area contributed by atoms with E-state index in [0.29, 0.717) is 30.0 Å². The molecule has 0 atom stereocenters. The highest BCUT2D eigenvalue weighted by molar-refractivity contribution is 5.93. The molecule has 0 saturated heterocycles. The van der Waals surface area contributed by atoms with E-state index in [4.69, 9.17) is 4.74 Å². The molecule has 26 heavy (non-hydrogen) atoms. The number of carbonyl (C=O) groups excluding carboxylic acids is 1. The molecule has 0 unspecified atom stereocenters. The van der Waals surface area contributed by atoms with Crippen molar-refractivity contribution < 1.29 is 9.53 Å². The number of nitrogens with zero attached hydrogens (tertiary/aromatic N) is 5. The van der Waals surface area contributed by atoms with Gasteiger partial charge in [-0.15, -0.1) is 10.2 Å². The second kappa shape index (κ2) is 7.87. The third-order valence-electron chi connectivity index (χ3n) is 4.05. The third kappa shape index (κ3) is 3.62. The Bertz CT molecular complexity index is 978. The normalized spacial score (nSPS) is 11.0. The molecular weight excluding hydrogens is 336 g/mol. The Hall–Kier alpha value is -3.07. The number of aromatic nitrogens is 5. The number of benzene rings is 1. The highest BCUT2D eigenvalue weighted by atomic mass is 16.5. The Labute approximate surface area is 149 Å². The maximum atomic E-state index is 12.5. The van der Waals surface area contributed by atoms with Crippen LogP contribution in [-0.2, 0) is 24.9 Å². The molecule has 9 nitrogen and oxygen atoms in total. The molecule has 3 rings (SSSR count). The summed E-state index contributed by atoms with van der Waals surface area (Å²) in [6.07, 6.45) is 2.41. The standard InChI is InChI=1S/C17H20N6O3/c1-22-13-7-4-3-6-12(13)20-15(17(22)25)16(24)18-10-14-21-19-11-23(14)8-5-9-26-2/h3-4,6-7,11H,5,8-10H2,1-2H3,(H,18,24). The largest absolute Gasteiger partial charge is 0.385 e. The Kier molecular flexibility index (Phi) is 5.37. The van der Waals surface area contributed by atoms with Crippen molar-refractivity contribution in [1.29, 1.82) is 0 Å². The van der Waals surface area contributed by atoms with Crippen molar-refractivity contribution in [1.82, 2.24) is 29.6 Å². The number of carbonyl (C=O) groups is 1. The van der Waals surface area contributed by atoms with Crippen LogP contribution >= 0.6 is 0 Å². The van der Waals surface area contributed by atoms with Crippen molar-refractivity contribution in [3.8, 4) is 0 Å². The van der Waals surface area contributed by atoms with E-state index < -0.39 is 11.5 Å². The molecule has 1 amide bonds. The molecule has 0 aliphatic rings. The zero-order valence-corrected chi connectivity index (χ0v) is 14.7. The Morgan fingerprint density at radius 1 is 1.31 bits per heavy atom. The van der Waals surface area contributed by atoms with Gasteiger partial charge in [-0.1, -0.05) is 12.1 Å². The van der Waals surface area contributed by atoms with Gasteiger partial charge in [-0.25, -0.2) is 4.98 Å². The van der Waals surface area contributed by atoms with Crippen LogP contribution in [0.2, 0.25) is 0 Å². The van der Waals surface area contributed by atoms with Gasteiger partial charge in [-0.05, 0) is 18.6 Å². The predicted octanol–water partition coefficient (Wildman–Crippen LogP) is 0.491. The zero-order chi connectivity index (χ0) is 18.5. The summed E-state index contributed by atoms with van der Waals surface area (Å²) >= 11 is 0. The molecule has 136 valence electrons. The van der Waals surface area contributed by atoms with E-state index in [9.17, 15) is 9.59 Å². The number of hydrogen-bond acceptors (Lipinski definition) is 6. The summed E-state index contributed by atoms with van der Waals surface area (Å²) in [7, 11) is 3.26. The van der Waals surface area contributed by atoms with Crippen LogP contribution in [0.25, 0.3) is 11.0 Å². The fraction of sp³-hybridized carbons (Fsp3) is 0.353. The highest BCUT2D eigenvalue weighted by Crippen LogP contribution is 2.08. The van der Waals surface area contributed by atoms with Crippen molar-refractivity contribution in [3.05, 3.63) is 52.5 Å². The quantitative estimate of drug-likeness (QED) is 0.618. The molecule has 9 heteroatoms. The number of aryl methyl sites for hydroxylation is 2. The molecule has 0 aliphatic heterocycles. The van der Waals surface area contributed by atoms with Crippen LogP contribution in [0.15, 0.2) is 35.4 Å². The summed E-state index contributed by atoms with van der Waals surface area (Å²) in [5.74, 6) is 0.0647. The molecule has 0 fully saturated rings. The average Bonchev–Trinajstić information content (AvgIpc) is 3.10. The van der Waals surface area contributed by atoms with Crippen LogP contribution in [0.3, 0.4) is 0 Å². The molecule has 0 aliphatic carbocycles. The van der Waals surface area contributed by atoms with Gasteiger partial charge in [0.15, 0.2) is 11.5 Å². The molecule has 2 aromatic heterocycles. The third-order valence-corrected chi connectivity index (χ3v) is 4.05. The SMILES string of the molecule is COCCCn1cnnc1CNC(=O)c1nc2ccccc2n(C)c1=O. The number of nitrogens with one attached hydrogen (secondary N) is 1. The molecule has 0 saturated carbocycles. The summed E-state index contributed by atoms with van der Waals surface area (Å²) in [6.45, 7) is 1.46. The lowest BCUT2D eigenvalue weighted by Crippen LogP contribution is -2.34. The van der Waals surface area contributed by atoms with E-state index in [-0.39, 0.29) is 12.2 Å². The number of methoxy groups -OCH3 is 1. The van der Waals surface area contributed by atoms with Crippen molar-refractivity contribution >= 4 is 16.9 Å². The lowest BCUT2D eigenvalue weighted by Gasteiger charge is -2.09. The van der Waals surface area contributed by atoms with Crippen LogP contribution in [0.4, 0.5) is 0 Å². The van der Waals surface area contributed by atoms with E-state index in [2.05, 4.69) is 20.5 Å². The molecule has 3 aromatic rings. The number of para-hydroxylation sites is 2. The Balaban J connectivity index is 1.75. The van der Waals surface area contributed by atoms with Crippen molar-refractivity contribution in [2.75, 3.05) is 13.7 Å². The number of hydrogen-bond donors (Lipinski definition) is 1. The van der Waals surface area contributed by atoms with E-state index in [1.54, 1.807) is 32.6 Å². The number of rotatable bonds is 7. The summed E-state index contributed by atoms with van der Waals surface area (Å²) in [5, 5.41) is 10.6. The molecule has 0 bridgehead atoms. The van der Waals surface area contributed by atoms with Gasteiger partial charge in [0, 0.05) is 27.3 Å². The van der Waals surface area contributed by atoms with E-state index in [1.807, 2.05) is 16.7 Å². The van der Waals surface area contributed by atoms with E-state index >= 15 is 0 Å².